The fourth-order valence-corrected chi connectivity index (χ4v) is 7.28. The van der Waals surface area contributed by atoms with E-state index in [1.54, 1.807) is 41.5 Å². The lowest BCUT2D eigenvalue weighted by Gasteiger charge is -2.54. The van der Waals surface area contributed by atoms with Crippen molar-refractivity contribution in [1.82, 2.24) is 15.2 Å². The zero-order valence-corrected chi connectivity index (χ0v) is 26.8. The van der Waals surface area contributed by atoms with Crippen LogP contribution in [0.2, 0.25) is 0 Å². The minimum Gasteiger partial charge on any atom is -0.444 e. The lowest BCUT2D eigenvalue weighted by atomic mass is 9.89. The maximum atomic E-state index is 15.4. The van der Waals surface area contributed by atoms with Gasteiger partial charge in [0.05, 0.1) is 29.9 Å². The maximum absolute atomic E-state index is 15.4. The van der Waals surface area contributed by atoms with Crippen molar-refractivity contribution in [2.75, 3.05) is 24.2 Å². The van der Waals surface area contributed by atoms with Gasteiger partial charge in [-0.05, 0) is 78.8 Å². The zero-order valence-electron chi connectivity index (χ0n) is 26.0. The number of amidine groups is 1. The lowest BCUT2D eigenvalue weighted by molar-refractivity contribution is 0.00910. The summed E-state index contributed by atoms with van der Waals surface area (Å²) in [6.07, 6.45) is -0.579. The molecule has 2 saturated heterocycles. The molecule has 13 nitrogen and oxygen atoms in total. The van der Waals surface area contributed by atoms with Gasteiger partial charge < -0.3 is 25.0 Å². The average Bonchev–Trinajstić information content (AvgIpc) is 2.85. The first-order valence-electron chi connectivity index (χ1n) is 14.0. The molecule has 1 aromatic carbocycles. The van der Waals surface area contributed by atoms with Crippen LogP contribution in [0.25, 0.3) is 0 Å². The maximum Gasteiger partial charge on any atom is 0.435 e. The Morgan fingerprint density at radius 1 is 1.09 bits per heavy atom. The molecule has 0 unspecified atom stereocenters. The molecule has 45 heavy (non-hydrogen) atoms. The Morgan fingerprint density at radius 2 is 1.73 bits per heavy atom. The van der Waals surface area contributed by atoms with Gasteiger partial charge in [-0.15, -0.1) is 0 Å². The van der Waals surface area contributed by atoms with Crippen LogP contribution in [0.3, 0.4) is 0 Å². The smallest absolute Gasteiger partial charge is 0.435 e. The summed E-state index contributed by atoms with van der Waals surface area (Å²) in [5.41, 5.74) is -3.19. The SMILES string of the molecule is CC(C)(C)OC(=O)N=C1N[C@](C)(c2cc(NC(=O)c3ccc(C#N)cn3)ccc2F)CS(=O)(=O)C12CN(C(=O)OC(C)(C)C)C2. The summed E-state index contributed by atoms with van der Waals surface area (Å²) < 4.78 is 52.4. The van der Waals surface area contributed by atoms with Crippen LogP contribution in [0, 0.1) is 17.1 Å². The Balaban J connectivity index is 1.70. The van der Waals surface area contributed by atoms with E-state index in [0.717, 1.165) is 6.07 Å². The van der Waals surface area contributed by atoms with Gasteiger partial charge in [-0.2, -0.15) is 10.3 Å². The van der Waals surface area contributed by atoms with Gasteiger partial charge in [-0.25, -0.2) is 27.4 Å². The van der Waals surface area contributed by atoms with E-state index in [2.05, 4.69) is 20.6 Å². The second-order valence-electron chi connectivity index (χ2n) is 13.2. The number of pyridine rings is 1. The van der Waals surface area contributed by atoms with Crippen LogP contribution < -0.4 is 10.6 Å². The molecular weight excluding hydrogens is 607 g/mol. The van der Waals surface area contributed by atoms with Crippen LogP contribution >= 0.6 is 0 Å². The first-order chi connectivity index (χ1) is 20.7. The molecule has 2 fully saturated rings. The number of halogens is 1. The molecule has 1 atom stereocenters. The number of likely N-dealkylation sites (tertiary alicyclic amines) is 1. The Hall–Kier alpha value is -4.58. The third kappa shape index (κ3) is 7.06. The number of ether oxygens (including phenoxy) is 2. The molecule has 0 radical (unpaired) electrons. The van der Waals surface area contributed by atoms with Crippen molar-refractivity contribution < 1.29 is 36.7 Å². The first kappa shape index (κ1) is 33.3. The number of nitrogens with one attached hydrogen (secondary N) is 2. The van der Waals surface area contributed by atoms with Crippen LogP contribution in [-0.2, 0) is 24.8 Å². The molecule has 2 aromatic rings. The van der Waals surface area contributed by atoms with Crippen molar-refractivity contribution >= 4 is 39.5 Å². The van der Waals surface area contributed by atoms with Crippen molar-refractivity contribution in [1.29, 1.82) is 5.26 Å². The van der Waals surface area contributed by atoms with E-state index in [1.165, 1.54) is 42.3 Å². The molecule has 1 spiro atoms. The highest BCUT2D eigenvalue weighted by Crippen LogP contribution is 2.42. The van der Waals surface area contributed by atoms with Gasteiger partial charge in [0.15, 0.2) is 14.6 Å². The van der Waals surface area contributed by atoms with Crippen LogP contribution in [-0.4, -0.2) is 77.0 Å². The predicted octanol–water partition coefficient (Wildman–Crippen LogP) is 3.90. The number of nitrogens with zero attached hydrogens (tertiary/aromatic N) is 4. The highest BCUT2D eigenvalue weighted by molar-refractivity contribution is 7.94. The fourth-order valence-electron chi connectivity index (χ4n) is 4.92. The number of aliphatic imine (C=N–C) groups is 1. The highest BCUT2D eigenvalue weighted by atomic mass is 32.2. The molecule has 2 N–H and O–H groups in total. The summed E-state index contributed by atoms with van der Waals surface area (Å²) in [5, 5.41) is 14.5. The number of nitriles is 1. The summed E-state index contributed by atoms with van der Waals surface area (Å²) in [6, 6.07) is 8.31. The standard InChI is InChI=1S/C30H35FN6O7S/c1-27(2,3)43-25(39)35-24-30(15-37(16-30)26(40)44-28(4,5)6)45(41,42)17-29(7,36-24)20-12-19(9-10-21(20)31)34-23(38)22-11-8-18(13-32)14-33-22/h8-12,14H,15-17H2,1-7H3,(H,34,38)(H,35,36,39)/t29-/m0/s1. The van der Waals surface area contributed by atoms with Crippen molar-refractivity contribution in [3.05, 3.63) is 59.2 Å². The van der Waals surface area contributed by atoms with E-state index < -0.39 is 61.0 Å². The average molecular weight is 643 g/mol. The number of hydrogen-bond donors (Lipinski definition) is 2. The second kappa shape index (κ2) is 11.4. The zero-order chi connectivity index (χ0) is 33.6. The first-order valence-corrected chi connectivity index (χ1v) is 15.6. The minimum absolute atomic E-state index is 0.00213. The third-order valence-corrected chi connectivity index (χ3v) is 9.58. The molecule has 15 heteroatoms. The number of amides is 3. The molecule has 4 rings (SSSR count). The van der Waals surface area contributed by atoms with Crippen molar-refractivity contribution in [3.63, 3.8) is 0 Å². The highest BCUT2D eigenvalue weighted by Gasteiger charge is 2.64. The quantitative estimate of drug-likeness (QED) is 0.499. The summed E-state index contributed by atoms with van der Waals surface area (Å²) >= 11 is 0. The third-order valence-electron chi connectivity index (χ3n) is 6.98. The van der Waals surface area contributed by atoms with Gasteiger partial charge in [0.25, 0.3) is 5.91 Å². The van der Waals surface area contributed by atoms with Crippen molar-refractivity contribution in [2.24, 2.45) is 4.99 Å². The van der Waals surface area contributed by atoms with E-state index in [0.29, 0.717) is 0 Å². The van der Waals surface area contributed by atoms with Gasteiger partial charge in [-0.1, -0.05) is 0 Å². The van der Waals surface area contributed by atoms with Crippen LogP contribution in [0.15, 0.2) is 41.5 Å². The normalized spacial score (nSPS) is 21.2. The number of sulfone groups is 1. The molecule has 2 aliphatic heterocycles. The van der Waals surface area contributed by atoms with E-state index >= 15 is 4.39 Å². The van der Waals surface area contributed by atoms with Gasteiger partial charge in [0.2, 0.25) is 0 Å². The van der Waals surface area contributed by atoms with Crippen molar-refractivity contribution in [3.8, 4) is 6.07 Å². The second-order valence-corrected chi connectivity index (χ2v) is 15.5. The van der Waals surface area contributed by atoms with E-state index in [1.807, 2.05) is 6.07 Å². The summed E-state index contributed by atoms with van der Waals surface area (Å²) in [4.78, 5) is 47.5. The molecule has 3 amide bonds. The summed E-state index contributed by atoms with van der Waals surface area (Å²) in [5.74, 6) is -2.37. The van der Waals surface area contributed by atoms with Crippen LogP contribution in [0.4, 0.5) is 19.7 Å². The molecule has 240 valence electrons. The molecule has 0 saturated carbocycles. The summed E-state index contributed by atoms with van der Waals surface area (Å²) in [6.45, 7) is 10.6. The number of rotatable bonds is 3. The van der Waals surface area contributed by atoms with Gasteiger partial charge in [0, 0.05) is 17.4 Å². The Morgan fingerprint density at radius 3 is 2.29 bits per heavy atom. The fraction of sp³-hybridized carbons (Fsp3) is 0.467. The number of aromatic nitrogens is 1. The molecule has 0 aliphatic carbocycles. The number of hydrogen-bond acceptors (Lipinski definition) is 9. The molecule has 0 bridgehead atoms. The number of benzene rings is 1. The van der Waals surface area contributed by atoms with E-state index in [-0.39, 0.29) is 41.4 Å². The monoisotopic (exact) mass is 642 g/mol. The summed E-state index contributed by atoms with van der Waals surface area (Å²) in [7, 11) is -4.23. The van der Waals surface area contributed by atoms with E-state index in [4.69, 9.17) is 14.7 Å². The Kier molecular flexibility index (Phi) is 8.45. The molecular formula is C30H35FN6O7S. The van der Waals surface area contributed by atoms with Crippen LogP contribution in [0.1, 0.15) is 70.1 Å². The Bertz CT molecular complexity index is 1720. The van der Waals surface area contributed by atoms with Crippen molar-refractivity contribution in [2.45, 2.75) is 70.0 Å². The van der Waals surface area contributed by atoms with Gasteiger partial charge in [-0.3, -0.25) is 4.79 Å². The lowest BCUT2D eigenvalue weighted by Crippen LogP contribution is -2.79. The Labute approximate surface area is 260 Å². The van der Waals surface area contributed by atoms with Gasteiger partial charge >= 0.3 is 12.2 Å². The van der Waals surface area contributed by atoms with Gasteiger partial charge in [0.1, 0.15) is 34.6 Å². The molecule has 2 aliphatic rings. The molecule has 1 aromatic heterocycles. The molecule has 3 heterocycles. The minimum atomic E-state index is -4.23. The van der Waals surface area contributed by atoms with E-state index in [9.17, 15) is 22.8 Å². The number of anilines is 1. The largest absolute Gasteiger partial charge is 0.444 e. The topological polar surface area (TPSA) is 180 Å². The number of carbonyl (C=O) groups excluding carboxylic acids is 3. The predicted molar refractivity (Wildman–Crippen MR) is 162 cm³/mol. The van der Waals surface area contributed by atoms with Crippen LogP contribution in [0.5, 0.6) is 0 Å². The number of carbonyl (C=O) groups is 3.